The SMILES string of the molecule is O=C(NCc1ccccn1)[C@@H]1CC(=O)N(c2cccc3ccccc23)C1. The zero-order chi connectivity index (χ0) is 17.9. The summed E-state index contributed by atoms with van der Waals surface area (Å²) in [6.45, 7) is 0.777. The van der Waals surface area contributed by atoms with Gasteiger partial charge in [-0.05, 0) is 23.6 Å². The number of fused-ring (bicyclic) bond motifs is 1. The van der Waals surface area contributed by atoms with E-state index in [1.165, 1.54) is 0 Å². The van der Waals surface area contributed by atoms with Crippen LogP contribution in [0.1, 0.15) is 12.1 Å². The van der Waals surface area contributed by atoms with Crippen molar-refractivity contribution in [1.82, 2.24) is 10.3 Å². The highest BCUT2D eigenvalue weighted by atomic mass is 16.2. The zero-order valence-corrected chi connectivity index (χ0v) is 14.3. The van der Waals surface area contributed by atoms with E-state index in [-0.39, 0.29) is 24.2 Å². The highest BCUT2D eigenvalue weighted by molar-refractivity contribution is 6.06. The molecular weight excluding hydrogens is 326 g/mol. The Morgan fingerprint density at radius 1 is 1.08 bits per heavy atom. The summed E-state index contributed by atoms with van der Waals surface area (Å²) >= 11 is 0. The number of amides is 2. The van der Waals surface area contributed by atoms with Crippen LogP contribution in [0.25, 0.3) is 10.8 Å². The molecule has 2 aromatic carbocycles. The molecule has 2 heterocycles. The number of nitrogens with one attached hydrogen (secondary N) is 1. The normalized spacial score (nSPS) is 16.8. The minimum absolute atomic E-state index is 0.0145. The van der Waals surface area contributed by atoms with Crippen molar-refractivity contribution in [1.29, 1.82) is 0 Å². The van der Waals surface area contributed by atoms with Crippen molar-refractivity contribution in [3.8, 4) is 0 Å². The van der Waals surface area contributed by atoms with E-state index in [0.717, 1.165) is 22.2 Å². The molecule has 0 saturated carbocycles. The molecule has 1 N–H and O–H groups in total. The van der Waals surface area contributed by atoms with E-state index in [1.54, 1.807) is 11.1 Å². The van der Waals surface area contributed by atoms with Gasteiger partial charge in [-0.25, -0.2) is 0 Å². The second-order valence-electron chi connectivity index (χ2n) is 6.44. The summed E-state index contributed by atoms with van der Waals surface area (Å²) in [5.41, 5.74) is 1.67. The molecule has 1 aliphatic heterocycles. The fourth-order valence-electron chi connectivity index (χ4n) is 3.38. The second-order valence-corrected chi connectivity index (χ2v) is 6.44. The van der Waals surface area contributed by atoms with E-state index < -0.39 is 0 Å². The molecule has 26 heavy (non-hydrogen) atoms. The molecular formula is C21H19N3O2. The van der Waals surface area contributed by atoms with E-state index in [1.807, 2.05) is 60.7 Å². The molecule has 5 heteroatoms. The van der Waals surface area contributed by atoms with Crippen LogP contribution in [0.15, 0.2) is 66.9 Å². The summed E-state index contributed by atoms with van der Waals surface area (Å²) in [6.07, 6.45) is 1.93. The molecule has 1 fully saturated rings. The lowest BCUT2D eigenvalue weighted by atomic mass is 10.1. The number of anilines is 1. The number of aromatic nitrogens is 1. The van der Waals surface area contributed by atoms with Crippen LogP contribution in [0.4, 0.5) is 5.69 Å². The quantitative estimate of drug-likeness (QED) is 0.791. The number of carbonyl (C=O) groups excluding carboxylic acids is 2. The van der Waals surface area contributed by atoms with Gasteiger partial charge in [0, 0.05) is 24.5 Å². The van der Waals surface area contributed by atoms with Gasteiger partial charge in [-0.1, -0.05) is 42.5 Å². The molecule has 0 bridgehead atoms. The number of nitrogens with zero attached hydrogens (tertiary/aromatic N) is 2. The van der Waals surface area contributed by atoms with Gasteiger partial charge >= 0.3 is 0 Å². The van der Waals surface area contributed by atoms with Crippen LogP contribution in [0.5, 0.6) is 0 Å². The number of hydrogen-bond donors (Lipinski definition) is 1. The highest BCUT2D eigenvalue weighted by Gasteiger charge is 2.35. The molecule has 5 nitrogen and oxygen atoms in total. The molecule has 0 aliphatic carbocycles. The number of hydrogen-bond acceptors (Lipinski definition) is 3. The predicted molar refractivity (Wildman–Crippen MR) is 100 cm³/mol. The van der Waals surface area contributed by atoms with Gasteiger partial charge in [-0.3, -0.25) is 14.6 Å². The summed E-state index contributed by atoms with van der Waals surface area (Å²) in [5, 5.41) is 5.00. The average Bonchev–Trinajstić information content (AvgIpc) is 3.08. The minimum Gasteiger partial charge on any atom is -0.350 e. The van der Waals surface area contributed by atoms with Crippen LogP contribution >= 0.6 is 0 Å². The fourth-order valence-corrected chi connectivity index (χ4v) is 3.38. The zero-order valence-electron chi connectivity index (χ0n) is 14.3. The summed E-state index contributed by atoms with van der Waals surface area (Å²) in [4.78, 5) is 31.0. The number of pyridine rings is 1. The third-order valence-electron chi connectivity index (χ3n) is 4.72. The van der Waals surface area contributed by atoms with Gasteiger partial charge in [0.15, 0.2) is 0 Å². The molecule has 0 spiro atoms. The van der Waals surface area contributed by atoms with Crippen LogP contribution in [0.3, 0.4) is 0 Å². The first-order chi connectivity index (χ1) is 12.7. The average molecular weight is 345 g/mol. The molecule has 1 aromatic heterocycles. The maximum Gasteiger partial charge on any atom is 0.227 e. The van der Waals surface area contributed by atoms with Gasteiger partial charge in [0.25, 0.3) is 0 Å². The van der Waals surface area contributed by atoms with Gasteiger partial charge in [-0.15, -0.1) is 0 Å². The largest absolute Gasteiger partial charge is 0.350 e. The highest BCUT2D eigenvalue weighted by Crippen LogP contribution is 2.31. The molecule has 0 unspecified atom stereocenters. The standard InChI is InChI=1S/C21H19N3O2/c25-20-12-16(21(26)23-13-17-8-3-4-11-22-17)14-24(20)19-10-5-7-15-6-1-2-9-18(15)19/h1-11,16H,12-14H2,(H,23,26)/t16-/m1/s1. The first-order valence-electron chi connectivity index (χ1n) is 8.68. The van der Waals surface area contributed by atoms with Gasteiger partial charge in [0.05, 0.1) is 23.8 Å². The van der Waals surface area contributed by atoms with Crippen LogP contribution in [-0.2, 0) is 16.1 Å². The Balaban J connectivity index is 1.49. The van der Waals surface area contributed by atoms with Crippen molar-refractivity contribution in [3.05, 3.63) is 72.6 Å². The van der Waals surface area contributed by atoms with Crippen molar-refractivity contribution in [2.45, 2.75) is 13.0 Å². The Bertz CT molecular complexity index is 950. The lowest BCUT2D eigenvalue weighted by Gasteiger charge is -2.19. The number of benzene rings is 2. The number of rotatable bonds is 4. The first kappa shape index (κ1) is 16.3. The lowest BCUT2D eigenvalue weighted by molar-refractivity contribution is -0.126. The first-order valence-corrected chi connectivity index (χ1v) is 8.68. The Hall–Kier alpha value is -3.21. The number of carbonyl (C=O) groups is 2. The Labute approximate surface area is 151 Å². The Morgan fingerprint density at radius 2 is 1.88 bits per heavy atom. The van der Waals surface area contributed by atoms with Crippen LogP contribution < -0.4 is 10.2 Å². The smallest absolute Gasteiger partial charge is 0.227 e. The minimum atomic E-state index is -0.342. The molecule has 1 aliphatic rings. The fraction of sp³-hybridized carbons (Fsp3) is 0.190. The maximum atomic E-state index is 12.5. The molecule has 2 amide bonds. The topological polar surface area (TPSA) is 62.3 Å². The monoisotopic (exact) mass is 345 g/mol. The molecule has 1 saturated heterocycles. The Morgan fingerprint density at radius 3 is 2.73 bits per heavy atom. The Kier molecular flexibility index (Phi) is 4.35. The van der Waals surface area contributed by atoms with E-state index in [2.05, 4.69) is 10.3 Å². The third kappa shape index (κ3) is 3.16. The van der Waals surface area contributed by atoms with E-state index in [9.17, 15) is 9.59 Å². The van der Waals surface area contributed by atoms with E-state index in [4.69, 9.17) is 0 Å². The summed E-state index contributed by atoms with van der Waals surface area (Å²) in [6, 6.07) is 19.5. The van der Waals surface area contributed by atoms with Crippen molar-refractivity contribution in [2.75, 3.05) is 11.4 Å². The summed E-state index contributed by atoms with van der Waals surface area (Å²) in [7, 11) is 0. The van der Waals surface area contributed by atoms with Crippen molar-refractivity contribution in [2.24, 2.45) is 5.92 Å². The maximum absolute atomic E-state index is 12.5. The summed E-state index contributed by atoms with van der Waals surface area (Å²) in [5.74, 6) is -0.462. The second kappa shape index (κ2) is 6.96. The van der Waals surface area contributed by atoms with Gasteiger partial charge in [0.2, 0.25) is 11.8 Å². The van der Waals surface area contributed by atoms with Crippen molar-refractivity contribution >= 4 is 28.3 Å². The van der Waals surface area contributed by atoms with Crippen LogP contribution in [-0.4, -0.2) is 23.3 Å². The van der Waals surface area contributed by atoms with Gasteiger partial charge < -0.3 is 10.2 Å². The van der Waals surface area contributed by atoms with E-state index >= 15 is 0 Å². The van der Waals surface area contributed by atoms with Crippen LogP contribution in [0, 0.1) is 5.92 Å². The molecule has 0 radical (unpaired) electrons. The predicted octanol–water partition coefficient (Wildman–Crippen LogP) is 2.90. The van der Waals surface area contributed by atoms with Crippen molar-refractivity contribution in [3.63, 3.8) is 0 Å². The molecule has 3 aromatic rings. The molecule has 130 valence electrons. The van der Waals surface area contributed by atoms with Gasteiger partial charge in [-0.2, -0.15) is 0 Å². The van der Waals surface area contributed by atoms with Gasteiger partial charge in [0.1, 0.15) is 0 Å². The molecule has 4 rings (SSSR count). The van der Waals surface area contributed by atoms with Crippen LogP contribution in [0.2, 0.25) is 0 Å². The van der Waals surface area contributed by atoms with Crippen molar-refractivity contribution < 1.29 is 9.59 Å². The summed E-state index contributed by atoms with van der Waals surface area (Å²) < 4.78 is 0. The molecule has 1 atom stereocenters. The lowest BCUT2D eigenvalue weighted by Crippen LogP contribution is -2.32. The third-order valence-corrected chi connectivity index (χ3v) is 4.72. The van der Waals surface area contributed by atoms with E-state index in [0.29, 0.717) is 13.1 Å².